The zero-order valence-corrected chi connectivity index (χ0v) is 15.0. The van der Waals surface area contributed by atoms with Crippen LogP contribution in [0.15, 0.2) is 36.4 Å². The number of imide groups is 1. The summed E-state index contributed by atoms with van der Waals surface area (Å²) >= 11 is 0. The van der Waals surface area contributed by atoms with Crippen molar-refractivity contribution < 1.29 is 14.4 Å². The van der Waals surface area contributed by atoms with Gasteiger partial charge in [0.2, 0.25) is 17.7 Å². The van der Waals surface area contributed by atoms with Crippen molar-refractivity contribution in [2.24, 2.45) is 23.7 Å². The number of fused-ring (bicyclic) bond motifs is 1. The van der Waals surface area contributed by atoms with Crippen molar-refractivity contribution in [2.45, 2.75) is 26.7 Å². The van der Waals surface area contributed by atoms with E-state index >= 15 is 0 Å². The average Bonchev–Trinajstić information content (AvgIpc) is 2.79. The van der Waals surface area contributed by atoms with E-state index < -0.39 is 17.8 Å². The van der Waals surface area contributed by atoms with Gasteiger partial charge in [0.05, 0.1) is 17.8 Å². The molecule has 1 saturated heterocycles. The number of nitrogens with zero attached hydrogens (tertiary/aromatic N) is 1. The van der Waals surface area contributed by atoms with Crippen LogP contribution in [-0.2, 0) is 14.4 Å². The molecule has 5 nitrogen and oxygen atoms in total. The molecular formula is C20H24N2O3. The van der Waals surface area contributed by atoms with Gasteiger partial charge >= 0.3 is 0 Å². The summed E-state index contributed by atoms with van der Waals surface area (Å²) in [6.07, 6.45) is 3.65. The van der Waals surface area contributed by atoms with Gasteiger partial charge in [-0.15, -0.1) is 0 Å². The molecule has 1 aliphatic heterocycles. The quantitative estimate of drug-likeness (QED) is 0.680. The third-order valence-corrected chi connectivity index (χ3v) is 5.34. The normalized spacial score (nSPS) is 28.4. The van der Waals surface area contributed by atoms with Crippen LogP contribution in [0, 0.1) is 23.7 Å². The molecule has 1 fully saturated rings. The fourth-order valence-corrected chi connectivity index (χ4v) is 3.76. The molecule has 132 valence electrons. The highest BCUT2D eigenvalue weighted by molar-refractivity contribution is 6.09. The SMILES string of the molecule is CC(C)c1ccc(NC(=O)C2C(C)C=CC3C(=O)N(C)C(=O)C32)cc1. The van der Waals surface area contributed by atoms with Crippen LogP contribution >= 0.6 is 0 Å². The molecule has 0 spiro atoms. The van der Waals surface area contributed by atoms with Gasteiger partial charge in [-0.2, -0.15) is 0 Å². The Kier molecular flexibility index (Phi) is 4.50. The summed E-state index contributed by atoms with van der Waals surface area (Å²) in [4.78, 5) is 38.7. The maximum Gasteiger partial charge on any atom is 0.236 e. The first-order valence-corrected chi connectivity index (χ1v) is 8.71. The number of allylic oxidation sites excluding steroid dienone is 1. The predicted molar refractivity (Wildman–Crippen MR) is 95.7 cm³/mol. The van der Waals surface area contributed by atoms with Crippen LogP contribution in [0.5, 0.6) is 0 Å². The van der Waals surface area contributed by atoms with Crippen molar-refractivity contribution >= 4 is 23.4 Å². The Morgan fingerprint density at radius 1 is 1.08 bits per heavy atom. The second-order valence-electron chi connectivity index (χ2n) is 7.32. The number of hydrogen-bond acceptors (Lipinski definition) is 3. The Morgan fingerprint density at radius 3 is 2.32 bits per heavy atom. The Hall–Kier alpha value is -2.43. The van der Waals surface area contributed by atoms with Gasteiger partial charge in [-0.3, -0.25) is 19.3 Å². The Morgan fingerprint density at radius 2 is 1.72 bits per heavy atom. The second-order valence-corrected chi connectivity index (χ2v) is 7.32. The van der Waals surface area contributed by atoms with Crippen molar-refractivity contribution in [3.8, 4) is 0 Å². The third kappa shape index (κ3) is 2.99. The van der Waals surface area contributed by atoms with Gasteiger partial charge in [0.15, 0.2) is 0 Å². The van der Waals surface area contributed by atoms with E-state index in [4.69, 9.17) is 0 Å². The van der Waals surface area contributed by atoms with E-state index in [-0.39, 0.29) is 23.6 Å². The number of rotatable bonds is 3. The molecule has 1 aromatic carbocycles. The van der Waals surface area contributed by atoms with Crippen molar-refractivity contribution in [2.75, 3.05) is 12.4 Å². The lowest BCUT2D eigenvalue weighted by Crippen LogP contribution is -2.41. The smallest absolute Gasteiger partial charge is 0.236 e. The van der Waals surface area contributed by atoms with Crippen LogP contribution in [-0.4, -0.2) is 29.7 Å². The zero-order chi connectivity index (χ0) is 18.3. The highest BCUT2D eigenvalue weighted by atomic mass is 16.2. The molecule has 1 heterocycles. The van der Waals surface area contributed by atoms with Crippen LogP contribution in [0.2, 0.25) is 0 Å². The largest absolute Gasteiger partial charge is 0.326 e. The minimum atomic E-state index is -0.604. The molecular weight excluding hydrogens is 316 g/mol. The lowest BCUT2D eigenvalue weighted by atomic mass is 9.71. The molecule has 2 aliphatic rings. The fraction of sp³-hybridized carbons (Fsp3) is 0.450. The number of hydrogen-bond donors (Lipinski definition) is 1. The highest BCUT2D eigenvalue weighted by Crippen LogP contribution is 2.41. The van der Waals surface area contributed by atoms with Crippen LogP contribution in [0.25, 0.3) is 0 Å². The molecule has 4 atom stereocenters. The Labute approximate surface area is 148 Å². The topological polar surface area (TPSA) is 66.5 Å². The predicted octanol–water partition coefficient (Wildman–Crippen LogP) is 2.80. The summed E-state index contributed by atoms with van der Waals surface area (Å²) in [5, 5.41) is 2.92. The lowest BCUT2D eigenvalue weighted by Gasteiger charge is -2.30. The molecule has 3 amide bonds. The van der Waals surface area contributed by atoms with Gasteiger partial charge in [-0.1, -0.05) is 45.1 Å². The molecule has 25 heavy (non-hydrogen) atoms. The number of anilines is 1. The van der Waals surface area contributed by atoms with Crippen molar-refractivity contribution in [3.63, 3.8) is 0 Å². The number of amides is 3. The Bertz CT molecular complexity index is 736. The van der Waals surface area contributed by atoms with Gasteiger partial charge in [0.25, 0.3) is 0 Å². The van der Waals surface area contributed by atoms with Crippen LogP contribution in [0.4, 0.5) is 5.69 Å². The number of carbonyl (C=O) groups excluding carboxylic acids is 3. The van der Waals surface area contributed by atoms with Crippen molar-refractivity contribution in [3.05, 3.63) is 42.0 Å². The van der Waals surface area contributed by atoms with E-state index in [1.807, 2.05) is 37.3 Å². The minimum Gasteiger partial charge on any atom is -0.326 e. The molecule has 1 aromatic rings. The lowest BCUT2D eigenvalue weighted by molar-refractivity contribution is -0.140. The molecule has 4 unspecified atom stereocenters. The molecule has 0 bridgehead atoms. The standard InChI is InChI=1S/C20H24N2O3/c1-11(2)13-6-8-14(9-7-13)21-18(23)16-12(3)5-10-15-17(16)20(25)22(4)19(15)24/h5-12,15-17H,1-4H3,(H,21,23). The second kappa shape index (κ2) is 6.47. The van der Waals surface area contributed by atoms with Crippen LogP contribution in [0.1, 0.15) is 32.3 Å². The summed E-state index contributed by atoms with van der Waals surface area (Å²) in [5.41, 5.74) is 1.91. The zero-order valence-electron chi connectivity index (χ0n) is 15.0. The van der Waals surface area contributed by atoms with E-state index in [0.717, 1.165) is 4.90 Å². The third-order valence-electron chi connectivity index (χ3n) is 5.34. The number of nitrogens with one attached hydrogen (secondary N) is 1. The molecule has 0 saturated carbocycles. The van der Waals surface area contributed by atoms with Gasteiger partial charge in [-0.25, -0.2) is 0 Å². The van der Waals surface area contributed by atoms with E-state index in [2.05, 4.69) is 19.2 Å². The number of carbonyl (C=O) groups is 3. The maximum absolute atomic E-state index is 12.9. The minimum absolute atomic E-state index is 0.0977. The van der Waals surface area contributed by atoms with Crippen LogP contribution in [0.3, 0.4) is 0 Å². The maximum atomic E-state index is 12.9. The molecule has 0 radical (unpaired) electrons. The van der Waals surface area contributed by atoms with E-state index in [0.29, 0.717) is 11.6 Å². The van der Waals surface area contributed by atoms with Gasteiger partial charge in [0, 0.05) is 12.7 Å². The molecule has 0 aromatic heterocycles. The van der Waals surface area contributed by atoms with Crippen LogP contribution < -0.4 is 5.32 Å². The summed E-state index contributed by atoms with van der Waals surface area (Å²) in [5.74, 6) is -2.04. The van der Waals surface area contributed by atoms with Gasteiger partial charge in [-0.05, 0) is 29.5 Å². The Balaban J connectivity index is 1.82. The molecule has 3 rings (SSSR count). The van der Waals surface area contributed by atoms with Gasteiger partial charge < -0.3 is 5.32 Å². The molecule has 5 heteroatoms. The first-order valence-electron chi connectivity index (χ1n) is 8.71. The summed E-state index contributed by atoms with van der Waals surface area (Å²) in [6.45, 7) is 6.14. The van der Waals surface area contributed by atoms with Gasteiger partial charge in [0.1, 0.15) is 0 Å². The number of benzene rings is 1. The van der Waals surface area contributed by atoms with E-state index in [1.54, 1.807) is 6.08 Å². The van der Waals surface area contributed by atoms with Crippen molar-refractivity contribution in [1.82, 2.24) is 4.90 Å². The summed E-state index contributed by atoms with van der Waals surface area (Å²) in [6, 6.07) is 7.74. The monoisotopic (exact) mass is 340 g/mol. The number of likely N-dealkylation sites (tertiary alicyclic amines) is 1. The van der Waals surface area contributed by atoms with E-state index in [9.17, 15) is 14.4 Å². The summed E-state index contributed by atoms with van der Waals surface area (Å²) in [7, 11) is 1.49. The molecule has 1 aliphatic carbocycles. The van der Waals surface area contributed by atoms with E-state index in [1.165, 1.54) is 12.6 Å². The highest BCUT2D eigenvalue weighted by Gasteiger charge is 2.53. The first-order chi connectivity index (χ1) is 11.8. The average molecular weight is 340 g/mol. The fourth-order valence-electron chi connectivity index (χ4n) is 3.76. The van der Waals surface area contributed by atoms with Crippen molar-refractivity contribution in [1.29, 1.82) is 0 Å². The molecule has 1 N–H and O–H groups in total. The first kappa shape index (κ1) is 17.4. The summed E-state index contributed by atoms with van der Waals surface area (Å²) < 4.78 is 0.